The first-order valence-electron chi connectivity index (χ1n) is 5.62. The molecule has 0 aromatic carbocycles. The van der Waals surface area contributed by atoms with E-state index in [-0.39, 0.29) is 5.54 Å². The minimum absolute atomic E-state index is 0.110. The Morgan fingerprint density at radius 3 is 2.73 bits per heavy atom. The highest BCUT2D eigenvalue weighted by Gasteiger charge is 2.26. The molecule has 1 aromatic rings. The SMILES string of the molecule is Cc1cn(C(C)(C)C)c(C2CCOC2)n1. The number of ether oxygens (including phenoxy) is 1. The van der Waals surface area contributed by atoms with Gasteiger partial charge in [0.15, 0.2) is 0 Å². The van der Waals surface area contributed by atoms with E-state index >= 15 is 0 Å². The van der Waals surface area contributed by atoms with Gasteiger partial charge >= 0.3 is 0 Å². The normalized spacial score (nSPS) is 22.3. The molecule has 1 aliphatic rings. The molecule has 2 heterocycles. The molecule has 1 saturated heterocycles. The van der Waals surface area contributed by atoms with Crippen LogP contribution in [0.4, 0.5) is 0 Å². The van der Waals surface area contributed by atoms with E-state index in [1.807, 2.05) is 0 Å². The van der Waals surface area contributed by atoms with E-state index in [1.165, 1.54) is 5.82 Å². The molecule has 15 heavy (non-hydrogen) atoms. The van der Waals surface area contributed by atoms with Gasteiger partial charge in [-0.2, -0.15) is 0 Å². The van der Waals surface area contributed by atoms with Crippen molar-refractivity contribution >= 4 is 0 Å². The second kappa shape index (κ2) is 3.63. The minimum Gasteiger partial charge on any atom is -0.381 e. The summed E-state index contributed by atoms with van der Waals surface area (Å²) in [5, 5.41) is 0. The van der Waals surface area contributed by atoms with Crippen molar-refractivity contribution in [2.75, 3.05) is 13.2 Å². The molecular weight excluding hydrogens is 188 g/mol. The summed E-state index contributed by atoms with van der Waals surface area (Å²) in [5.41, 5.74) is 1.21. The first-order chi connectivity index (χ1) is 6.98. The van der Waals surface area contributed by atoms with Crippen molar-refractivity contribution in [2.24, 2.45) is 0 Å². The van der Waals surface area contributed by atoms with Crippen molar-refractivity contribution in [1.82, 2.24) is 9.55 Å². The smallest absolute Gasteiger partial charge is 0.114 e. The number of nitrogens with zero attached hydrogens (tertiary/aromatic N) is 2. The molecule has 1 atom stereocenters. The summed E-state index contributed by atoms with van der Waals surface area (Å²) in [5.74, 6) is 1.68. The topological polar surface area (TPSA) is 27.1 Å². The standard InChI is InChI=1S/C12H20N2O/c1-9-7-14(12(2,3)4)11(13-9)10-5-6-15-8-10/h7,10H,5-6,8H2,1-4H3. The van der Waals surface area contributed by atoms with Gasteiger partial charge in [-0.25, -0.2) is 4.98 Å². The average Bonchev–Trinajstić information content (AvgIpc) is 2.68. The zero-order valence-electron chi connectivity index (χ0n) is 10.1. The van der Waals surface area contributed by atoms with Gasteiger partial charge in [0.05, 0.1) is 12.3 Å². The van der Waals surface area contributed by atoms with Crippen LogP contribution in [0.15, 0.2) is 6.20 Å². The van der Waals surface area contributed by atoms with Gasteiger partial charge in [-0.1, -0.05) is 0 Å². The van der Waals surface area contributed by atoms with Gasteiger partial charge in [-0.15, -0.1) is 0 Å². The van der Waals surface area contributed by atoms with Crippen molar-refractivity contribution in [3.05, 3.63) is 17.7 Å². The Morgan fingerprint density at radius 1 is 1.47 bits per heavy atom. The van der Waals surface area contributed by atoms with Gasteiger partial charge in [-0.05, 0) is 34.1 Å². The highest BCUT2D eigenvalue weighted by Crippen LogP contribution is 2.28. The second-order valence-corrected chi connectivity index (χ2v) is 5.34. The lowest BCUT2D eigenvalue weighted by Gasteiger charge is -2.25. The second-order valence-electron chi connectivity index (χ2n) is 5.34. The number of rotatable bonds is 1. The van der Waals surface area contributed by atoms with Crippen LogP contribution in [-0.2, 0) is 10.3 Å². The molecule has 0 spiro atoms. The fourth-order valence-corrected chi connectivity index (χ4v) is 2.08. The van der Waals surface area contributed by atoms with Crippen molar-refractivity contribution < 1.29 is 4.74 Å². The third-order valence-electron chi connectivity index (χ3n) is 2.87. The summed E-state index contributed by atoms with van der Waals surface area (Å²) in [7, 11) is 0. The Balaban J connectivity index is 2.37. The third-order valence-corrected chi connectivity index (χ3v) is 2.87. The van der Waals surface area contributed by atoms with Crippen LogP contribution < -0.4 is 0 Å². The van der Waals surface area contributed by atoms with Crippen molar-refractivity contribution in [1.29, 1.82) is 0 Å². The van der Waals surface area contributed by atoms with Crippen LogP contribution in [0.25, 0.3) is 0 Å². The van der Waals surface area contributed by atoms with Gasteiger partial charge in [0.25, 0.3) is 0 Å². The molecule has 0 bridgehead atoms. The molecule has 1 aromatic heterocycles. The molecule has 3 heteroatoms. The number of imidazole rings is 1. The lowest BCUT2D eigenvalue weighted by molar-refractivity contribution is 0.192. The summed E-state index contributed by atoms with van der Waals surface area (Å²) >= 11 is 0. The van der Waals surface area contributed by atoms with Crippen LogP contribution in [0.3, 0.4) is 0 Å². The molecule has 2 rings (SSSR count). The molecule has 84 valence electrons. The van der Waals surface area contributed by atoms with Crippen LogP contribution in [0.5, 0.6) is 0 Å². The Kier molecular flexibility index (Phi) is 2.59. The molecule has 3 nitrogen and oxygen atoms in total. The predicted octanol–water partition coefficient (Wildman–Crippen LogP) is 2.45. The highest BCUT2D eigenvalue weighted by atomic mass is 16.5. The van der Waals surface area contributed by atoms with Gasteiger partial charge in [0, 0.05) is 24.3 Å². The van der Waals surface area contributed by atoms with E-state index in [0.29, 0.717) is 5.92 Å². The van der Waals surface area contributed by atoms with Crippen LogP contribution >= 0.6 is 0 Å². The molecule has 1 aliphatic heterocycles. The van der Waals surface area contributed by atoms with Crippen LogP contribution in [0.1, 0.15) is 44.6 Å². The van der Waals surface area contributed by atoms with E-state index < -0.39 is 0 Å². The summed E-state index contributed by atoms with van der Waals surface area (Å²) in [4.78, 5) is 4.64. The third kappa shape index (κ3) is 2.07. The monoisotopic (exact) mass is 208 g/mol. The quantitative estimate of drug-likeness (QED) is 0.709. The van der Waals surface area contributed by atoms with Gasteiger partial charge in [-0.3, -0.25) is 0 Å². The fourth-order valence-electron chi connectivity index (χ4n) is 2.08. The summed E-state index contributed by atoms with van der Waals surface area (Å²) in [6.07, 6.45) is 3.25. The van der Waals surface area contributed by atoms with Crippen LogP contribution in [0.2, 0.25) is 0 Å². The maximum atomic E-state index is 5.44. The van der Waals surface area contributed by atoms with Crippen molar-refractivity contribution in [3.63, 3.8) is 0 Å². The lowest BCUT2D eigenvalue weighted by Crippen LogP contribution is -2.25. The van der Waals surface area contributed by atoms with E-state index in [4.69, 9.17) is 4.74 Å². The minimum atomic E-state index is 0.110. The highest BCUT2D eigenvalue weighted by molar-refractivity contribution is 5.11. The van der Waals surface area contributed by atoms with Crippen LogP contribution in [-0.4, -0.2) is 22.8 Å². The Bertz CT molecular complexity index is 343. The van der Waals surface area contributed by atoms with Gasteiger partial charge in [0.2, 0.25) is 0 Å². The fraction of sp³-hybridized carbons (Fsp3) is 0.750. The maximum absolute atomic E-state index is 5.44. The Morgan fingerprint density at radius 2 is 2.20 bits per heavy atom. The summed E-state index contributed by atoms with van der Waals surface area (Å²) in [6, 6.07) is 0. The molecule has 0 saturated carbocycles. The Hall–Kier alpha value is -0.830. The first kappa shape index (κ1) is 10.7. The predicted molar refractivity (Wildman–Crippen MR) is 60.1 cm³/mol. The number of aryl methyl sites for hydroxylation is 1. The maximum Gasteiger partial charge on any atom is 0.114 e. The molecule has 1 fully saturated rings. The van der Waals surface area contributed by atoms with E-state index in [9.17, 15) is 0 Å². The zero-order chi connectivity index (χ0) is 11.1. The molecular formula is C12H20N2O. The van der Waals surface area contributed by atoms with Crippen LogP contribution in [0, 0.1) is 6.92 Å². The number of hydrogen-bond donors (Lipinski definition) is 0. The van der Waals surface area contributed by atoms with Crippen molar-refractivity contribution in [2.45, 2.75) is 45.6 Å². The first-order valence-corrected chi connectivity index (χ1v) is 5.62. The van der Waals surface area contributed by atoms with Crippen molar-refractivity contribution in [3.8, 4) is 0 Å². The lowest BCUT2D eigenvalue weighted by atomic mass is 10.0. The Labute approximate surface area is 91.5 Å². The van der Waals surface area contributed by atoms with E-state index in [2.05, 4.69) is 43.4 Å². The number of hydrogen-bond acceptors (Lipinski definition) is 2. The molecule has 0 aliphatic carbocycles. The molecule has 0 N–H and O–H groups in total. The molecule has 0 amide bonds. The average molecular weight is 208 g/mol. The molecule has 1 unspecified atom stereocenters. The van der Waals surface area contributed by atoms with E-state index in [1.54, 1.807) is 0 Å². The number of aromatic nitrogens is 2. The van der Waals surface area contributed by atoms with Gasteiger partial charge in [0.1, 0.15) is 5.82 Å². The largest absolute Gasteiger partial charge is 0.381 e. The summed E-state index contributed by atoms with van der Waals surface area (Å²) < 4.78 is 7.73. The summed E-state index contributed by atoms with van der Waals surface area (Å²) in [6.45, 7) is 10.4. The van der Waals surface area contributed by atoms with Gasteiger partial charge < -0.3 is 9.30 Å². The zero-order valence-corrected chi connectivity index (χ0v) is 10.1. The van der Waals surface area contributed by atoms with E-state index in [0.717, 1.165) is 25.3 Å². The molecule has 0 radical (unpaired) electrons.